The summed E-state index contributed by atoms with van der Waals surface area (Å²) in [7, 11) is 0. The number of hydrogen-bond acceptors (Lipinski definition) is 3. The van der Waals surface area contributed by atoms with Crippen LogP contribution in [0.2, 0.25) is 0 Å². The van der Waals surface area contributed by atoms with E-state index in [0.29, 0.717) is 0 Å². The van der Waals surface area contributed by atoms with E-state index < -0.39 is 37.1 Å². The number of carboxylic acids is 2. The lowest BCUT2D eigenvalue weighted by atomic mass is 10.4. The number of carbonyl (C=O) groups is 3. The number of halogens is 3. The normalized spacial score (nSPS) is 10.9. The first-order valence-corrected chi connectivity index (χ1v) is 3.44. The van der Waals surface area contributed by atoms with Crippen LogP contribution in [0.3, 0.4) is 0 Å². The molecule has 0 saturated heterocycles. The van der Waals surface area contributed by atoms with Crippen LogP contribution < -0.4 is 0 Å². The SMILES string of the molecule is O=C(O)CN(CC(=O)O)C(=O)C(F)(F)F. The van der Waals surface area contributed by atoms with Gasteiger partial charge in [-0.15, -0.1) is 0 Å². The molecule has 0 spiro atoms. The minimum absolute atomic E-state index is 0.315. The molecule has 0 aromatic carbocycles. The van der Waals surface area contributed by atoms with E-state index in [9.17, 15) is 27.6 Å². The van der Waals surface area contributed by atoms with E-state index in [0.717, 1.165) is 0 Å². The number of rotatable bonds is 4. The van der Waals surface area contributed by atoms with Crippen molar-refractivity contribution in [2.75, 3.05) is 13.1 Å². The Morgan fingerprint density at radius 3 is 1.53 bits per heavy atom. The van der Waals surface area contributed by atoms with E-state index in [-0.39, 0.29) is 4.90 Å². The Kier molecular flexibility index (Phi) is 4.07. The van der Waals surface area contributed by atoms with Gasteiger partial charge in [-0.3, -0.25) is 14.4 Å². The third-order valence-corrected chi connectivity index (χ3v) is 1.18. The predicted octanol–water partition coefficient (Wildman–Crippen LogP) is -0.454. The number of aliphatic carboxylic acids is 2. The molecule has 0 aliphatic heterocycles. The van der Waals surface area contributed by atoms with Gasteiger partial charge in [-0.25, -0.2) is 0 Å². The van der Waals surface area contributed by atoms with Gasteiger partial charge in [-0.1, -0.05) is 0 Å². The summed E-state index contributed by atoms with van der Waals surface area (Å²) in [5.74, 6) is -5.95. The highest BCUT2D eigenvalue weighted by Crippen LogP contribution is 2.18. The summed E-state index contributed by atoms with van der Waals surface area (Å²) in [5, 5.41) is 16.3. The minimum atomic E-state index is -5.29. The molecule has 0 bridgehead atoms. The molecule has 0 fully saturated rings. The van der Waals surface area contributed by atoms with Crippen LogP contribution in [0.5, 0.6) is 0 Å². The zero-order chi connectivity index (χ0) is 12.2. The van der Waals surface area contributed by atoms with Crippen molar-refractivity contribution < 1.29 is 37.8 Å². The Morgan fingerprint density at radius 2 is 1.33 bits per heavy atom. The highest BCUT2D eigenvalue weighted by atomic mass is 19.4. The van der Waals surface area contributed by atoms with Crippen molar-refractivity contribution in [1.29, 1.82) is 0 Å². The number of nitrogens with zero attached hydrogens (tertiary/aromatic N) is 1. The largest absolute Gasteiger partial charge is 0.480 e. The number of hydrogen-bond donors (Lipinski definition) is 2. The fourth-order valence-corrected chi connectivity index (χ4v) is 0.705. The average molecular weight is 229 g/mol. The molecular formula is C6H6F3NO5. The summed E-state index contributed by atoms with van der Waals surface area (Å²) in [6.07, 6.45) is -5.29. The molecule has 0 rings (SSSR count). The van der Waals surface area contributed by atoms with E-state index >= 15 is 0 Å². The molecule has 0 radical (unpaired) electrons. The third kappa shape index (κ3) is 4.84. The summed E-state index contributed by atoms with van der Waals surface area (Å²) in [5.41, 5.74) is 0. The van der Waals surface area contributed by atoms with Crippen LogP contribution in [0.4, 0.5) is 13.2 Å². The fourth-order valence-electron chi connectivity index (χ4n) is 0.705. The van der Waals surface area contributed by atoms with Crippen LogP contribution in [0.15, 0.2) is 0 Å². The van der Waals surface area contributed by atoms with Crippen molar-refractivity contribution in [3.05, 3.63) is 0 Å². The van der Waals surface area contributed by atoms with Crippen LogP contribution in [0, 0.1) is 0 Å². The zero-order valence-corrected chi connectivity index (χ0v) is 7.11. The van der Waals surface area contributed by atoms with Gasteiger partial charge in [0.1, 0.15) is 13.1 Å². The van der Waals surface area contributed by atoms with Gasteiger partial charge in [0.25, 0.3) is 0 Å². The molecule has 0 aliphatic carbocycles. The predicted molar refractivity (Wildman–Crippen MR) is 37.9 cm³/mol. The van der Waals surface area contributed by atoms with Crippen LogP contribution >= 0.6 is 0 Å². The van der Waals surface area contributed by atoms with Crippen molar-refractivity contribution >= 4 is 17.8 Å². The molecule has 9 heteroatoms. The quantitative estimate of drug-likeness (QED) is 0.680. The van der Waals surface area contributed by atoms with Crippen LogP contribution in [0.25, 0.3) is 0 Å². The molecule has 2 N–H and O–H groups in total. The molecular weight excluding hydrogens is 223 g/mol. The lowest BCUT2D eigenvalue weighted by molar-refractivity contribution is -0.187. The molecule has 0 aliphatic rings. The summed E-state index contributed by atoms with van der Waals surface area (Å²) in [6.45, 7) is -2.63. The molecule has 0 aromatic heterocycles. The average Bonchev–Trinajstić information content (AvgIpc) is 1.98. The van der Waals surface area contributed by atoms with Gasteiger partial charge in [0.2, 0.25) is 0 Å². The van der Waals surface area contributed by atoms with Gasteiger partial charge in [0, 0.05) is 0 Å². The number of amides is 1. The second kappa shape index (κ2) is 4.62. The van der Waals surface area contributed by atoms with E-state index in [1.165, 1.54) is 0 Å². The second-order valence-electron chi connectivity index (χ2n) is 2.45. The van der Waals surface area contributed by atoms with Gasteiger partial charge in [0.05, 0.1) is 0 Å². The molecule has 6 nitrogen and oxygen atoms in total. The molecule has 15 heavy (non-hydrogen) atoms. The first kappa shape index (κ1) is 13.2. The molecule has 0 saturated carbocycles. The van der Waals surface area contributed by atoms with Crippen molar-refractivity contribution in [3.63, 3.8) is 0 Å². The maximum absolute atomic E-state index is 11.8. The summed E-state index contributed by atoms with van der Waals surface area (Å²) >= 11 is 0. The van der Waals surface area contributed by atoms with Gasteiger partial charge in [-0.05, 0) is 0 Å². The van der Waals surface area contributed by atoms with Gasteiger partial charge in [-0.2, -0.15) is 13.2 Å². The smallest absolute Gasteiger partial charge is 0.471 e. The molecule has 0 aromatic rings. The van der Waals surface area contributed by atoms with E-state index in [4.69, 9.17) is 10.2 Å². The lowest BCUT2D eigenvalue weighted by Gasteiger charge is -2.19. The van der Waals surface area contributed by atoms with E-state index in [1.807, 2.05) is 0 Å². The summed E-state index contributed by atoms with van der Waals surface area (Å²) in [6, 6.07) is 0. The minimum Gasteiger partial charge on any atom is -0.480 e. The molecule has 0 atom stereocenters. The van der Waals surface area contributed by atoms with Crippen LogP contribution in [-0.2, 0) is 14.4 Å². The summed E-state index contributed by atoms with van der Waals surface area (Å²) in [4.78, 5) is 30.3. The van der Waals surface area contributed by atoms with Crippen molar-refractivity contribution in [3.8, 4) is 0 Å². The number of alkyl halides is 3. The first-order chi connectivity index (χ1) is 6.64. The maximum atomic E-state index is 11.8. The highest BCUT2D eigenvalue weighted by Gasteiger charge is 2.43. The standard InChI is InChI=1S/C6H6F3NO5/c7-6(8,9)5(15)10(1-3(11)12)2-4(13)14/h1-2H2,(H,11,12)(H,13,14). The Hall–Kier alpha value is -1.80. The Bertz CT molecular complexity index is 271. The molecule has 0 heterocycles. The van der Waals surface area contributed by atoms with Crippen LogP contribution in [-0.4, -0.2) is 52.2 Å². The topological polar surface area (TPSA) is 94.9 Å². The summed E-state index contributed by atoms with van der Waals surface area (Å²) < 4.78 is 35.5. The van der Waals surface area contributed by atoms with E-state index in [1.54, 1.807) is 0 Å². The van der Waals surface area contributed by atoms with Gasteiger partial charge < -0.3 is 15.1 Å². The number of carbonyl (C=O) groups excluding carboxylic acids is 1. The monoisotopic (exact) mass is 229 g/mol. The third-order valence-electron chi connectivity index (χ3n) is 1.18. The van der Waals surface area contributed by atoms with Crippen molar-refractivity contribution in [2.45, 2.75) is 6.18 Å². The fraction of sp³-hybridized carbons (Fsp3) is 0.500. The zero-order valence-electron chi connectivity index (χ0n) is 7.11. The van der Waals surface area contributed by atoms with Crippen molar-refractivity contribution in [2.24, 2.45) is 0 Å². The van der Waals surface area contributed by atoms with Gasteiger partial charge in [0.15, 0.2) is 0 Å². The van der Waals surface area contributed by atoms with E-state index in [2.05, 4.69) is 0 Å². The van der Waals surface area contributed by atoms with Crippen molar-refractivity contribution in [1.82, 2.24) is 4.90 Å². The second-order valence-corrected chi connectivity index (χ2v) is 2.45. The highest BCUT2D eigenvalue weighted by molar-refractivity contribution is 5.88. The lowest BCUT2D eigenvalue weighted by Crippen LogP contribution is -2.46. The Labute approximate surface area is 80.9 Å². The number of carboxylic acid groups (broad SMARTS) is 2. The van der Waals surface area contributed by atoms with Gasteiger partial charge >= 0.3 is 24.0 Å². The maximum Gasteiger partial charge on any atom is 0.471 e. The molecule has 1 amide bonds. The Balaban J connectivity index is 4.70. The first-order valence-electron chi connectivity index (χ1n) is 3.44. The Morgan fingerprint density at radius 1 is 1.00 bits per heavy atom. The molecule has 86 valence electrons. The molecule has 0 unspecified atom stereocenters. The van der Waals surface area contributed by atoms with Crippen LogP contribution in [0.1, 0.15) is 0 Å².